The van der Waals surface area contributed by atoms with Gasteiger partial charge in [-0.1, -0.05) is 60.7 Å². The molecule has 0 saturated carbocycles. The predicted octanol–water partition coefficient (Wildman–Crippen LogP) is 4.18. The van der Waals surface area contributed by atoms with Gasteiger partial charge in [-0.25, -0.2) is 0 Å². The van der Waals surface area contributed by atoms with Crippen molar-refractivity contribution in [1.82, 2.24) is 0 Å². The van der Waals surface area contributed by atoms with Crippen molar-refractivity contribution in [2.75, 3.05) is 17.2 Å². The van der Waals surface area contributed by atoms with E-state index in [1.165, 1.54) is 0 Å². The van der Waals surface area contributed by atoms with Gasteiger partial charge in [0.15, 0.2) is 6.61 Å². The first-order valence-electron chi connectivity index (χ1n) is 9.15. The quantitative estimate of drug-likeness (QED) is 0.706. The van der Waals surface area contributed by atoms with Crippen LogP contribution >= 0.6 is 0 Å². The molecule has 0 bridgehead atoms. The van der Waals surface area contributed by atoms with Crippen LogP contribution in [0.15, 0.2) is 78.9 Å². The van der Waals surface area contributed by atoms with Gasteiger partial charge in [0.05, 0.1) is 5.69 Å². The van der Waals surface area contributed by atoms with E-state index in [1.54, 1.807) is 18.2 Å². The van der Waals surface area contributed by atoms with Gasteiger partial charge in [-0.2, -0.15) is 0 Å². The molecule has 1 heterocycles. The standard InChI is InChI=1S/C23H20N2O3/c26-22(24-18-11-12-21-20(13-18)25-23(27)15-28-21)14-19(16-7-3-1-4-8-16)17-9-5-2-6-10-17/h1-13,19H,14-15H2,(H,24,26)(H,25,27). The Kier molecular flexibility index (Phi) is 5.06. The lowest BCUT2D eigenvalue weighted by Crippen LogP contribution is -2.25. The van der Waals surface area contributed by atoms with Crippen molar-refractivity contribution in [3.05, 3.63) is 90.0 Å². The van der Waals surface area contributed by atoms with Gasteiger partial charge in [-0.3, -0.25) is 9.59 Å². The molecule has 2 amide bonds. The minimum Gasteiger partial charge on any atom is -0.482 e. The van der Waals surface area contributed by atoms with Crippen LogP contribution in [0, 0.1) is 0 Å². The van der Waals surface area contributed by atoms with Crippen LogP contribution in [-0.2, 0) is 9.59 Å². The number of nitrogens with one attached hydrogen (secondary N) is 2. The largest absolute Gasteiger partial charge is 0.482 e. The third kappa shape index (κ3) is 4.04. The number of benzene rings is 3. The molecule has 0 spiro atoms. The van der Waals surface area contributed by atoms with Crippen molar-refractivity contribution in [1.29, 1.82) is 0 Å². The molecule has 4 rings (SSSR count). The molecule has 140 valence electrons. The Hall–Kier alpha value is -3.60. The maximum atomic E-state index is 12.8. The van der Waals surface area contributed by atoms with E-state index in [-0.39, 0.29) is 24.3 Å². The van der Waals surface area contributed by atoms with Gasteiger partial charge < -0.3 is 15.4 Å². The number of anilines is 2. The molecule has 5 heteroatoms. The average Bonchev–Trinajstić information content (AvgIpc) is 2.73. The molecule has 0 radical (unpaired) electrons. The maximum Gasteiger partial charge on any atom is 0.262 e. The molecule has 1 aliphatic rings. The van der Waals surface area contributed by atoms with Crippen molar-refractivity contribution >= 4 is 23.2 Å². The monoisotopic (exact) mass is 372 g/mol. The number of ether oxygens (including phenoxy) is 1. The summed E-state index contributed by atoms with van der Waals surface area (Å²) in [5, 5.41) is 5.68. The number of hydrogen-bond acceptors (Lipinski definition) is 3. The normalized spacial score (nSPS) is 12.7. The van der Waals surface area contributed by atoms with Gasteiger partial charge >= 0.3 is 0 Å². The smallest absolute Gasteiger partial charge is 0.262 e. The highest BCUT2D eigenvalue weighted by Gasteiger charge is 2.20. The Bertz CT molecular complexity index is 948. The first-order valence-corrected chi connectivity index (χ1v) is 9.15. The highest BCUT2D eigenvalue weighted by molar-refractivity contribution is 5.97. The summed E-state index contributed by atoms with van der Waals surface area (Å²) in [6.07, 6.45) is 0.313. The average molecular weight is 372 g/mol. The van der Waals surface area contributed by atoms with E-state index in [4.69, 9.17) is 4.74 Å². The van der Waals surface area contributed by atoms with Gasteiger partial charge in [-0.05, 0) is 29.3 Å². The van der Waals surface area contributed by atoms with Crippen LogP contribution in [0.25, 0.3) is 0 Å². The molecule has 0 saturated heterocycles. The predicted molar refractivity (Wildman–Crippen MR) is 109 cm³/mol. The van der Waals surface area contributed by atoms with Crippen molar-refractivity contribution in [2.24, 2.45) is 0 Å². The summed E-state index contributed by atoms with van der Waals surface area (Å²) in [5.41, 5.74) is 3.37. The summed E-state index contributed by atoms with van der Waals surface area (Å²) in [6.45, 7) is 0.00847. The molecule has 2 N–H and O–H groups in total. The summed E-state index contributed by atoms with van der Waals surface area (Å²) in [5.74, 6) is 0.261. The van der Waals surface area contributed by atoms with Crippen LogP contribution in [0.1, 0.15) is 23.5 Å². The molecular formula is C23H20N2O3. The summed E-state index contributed by atoms with van der Waals surface area (Å²) in [7, 11) is 0. The third-order valence-electron chi connectivity index (χ3n) is 4.69. The molecule has 3 aromatic rings. The van der Waals surface area contributed by atoms with Crippen LogP contribution < -0.4 is 15.4 Å². The maximum absolute atomic E-state index is 12.8. The first-order chi connectivity index (χ1) is 13.7. The van der Waals surface area contributed by atoms with E-state index in [0.717, 1.165) is 11.1 Å². The zero-order valence-electron chi connectivity index (χ0n) is 15.2. The Morgan fingerprint density at radius 1 is 0.964 bits per heavy atom. The second-order valence-corrected chi connectivity index (χ2v) is 6.67. The van der Waals surface area contributed by atoms with Crippen LogP contribution in [0.4, 0.5) is 11.4 Å². The van der Waals surface area contributed by atoms with E-state index >= 15 is 0 Å². The fraction of sp³-hybridized carbons (Fsp3) is 0.130. The number of carbonyl (C=O) groups is 2. The zero-order chi connectivity index (χ0) is 19.3. The fourth-order valence-corrected chi connectivity index (χ4v) is 3.36. The molecule has 0 aromatic heterocycles. The lowest BCUT2D eigenvalue weighted by atomic mass is 9.88. The Labute approximate surface area is 163 Å². The van der Waals surface area contributed by atoms with E-state index in [1.807, 2.05) is 60.7 Å². The van der Waals surface area contributed by atoms with E-state index in [9.17, 15) is 9.59 Å². The van der Waals surface area contributed by atoms with E-state index < -0.39 is 0 Å². The van der Waals surface area contributed by atoms with Crippen LogP contribution in [0.2, 0.25) is 0 Å². The van der Waals surface area contributed by atoms with Crippen molar-refractivity contribution in [3.8, 4) is 5.75 Å². The van der Waals surface area contributed by atoms with E-state index in [0.29, 0.717) is 23.5 Å². The minimum atomic E-state index is -0.204. The highest BCUT2D eigenvalue weighted by Crippen LogP contribution is 2.32. The van der Waals surface area contributed by atoms with Crippen molar-refractivity contribution < 1.29 is 14.3 Å². The Balaban J connectivity index is 1.52. The molecular weight excluding hydrogens is 352 g/mol. The van der Waals surface area contributed by atoms with Gasteiger partial charge in [-0.15, -0.1) is 0 Å². The first kappa shape index (κ1) is 17.8. The molecule has 0 atom stereocenters. The number of amides is 2. The van der Waals surface area contributed by atoms with E-state index in [2.05, 4.69) is 10.6 Å². The molecule has 0 fully saturated rings. The van der Waals surface area contributed by atoms with Gasteiger partial charge in [0.2, 0.25) is 5.91 Å². The second-order valence-electron chi connectivity index (χ2n) is 6.67. The number of rotatable bonds is 5. The van der Waals surface area contributed by atoms with Gasteiger partial charge in [0, 0.05) is 18.0 Å². The lowest BCUT2D eigenvalue weighted by molar-refractivity contribution is -0.118. The molecule has 0 aliphatic carbocycles. The highest BCUT2D eigenvalue weighted by atomic mass is 16.5. The molecule has 3 aromatic carbocycles. The molecule has 0 unspecified atom stereocenters. The van der Waals surface area contributed by atoms with Gasteiger partial charge in [0.1, 0.15) is 5.75 Å². The molecule has 1 aliphatic heterocycles. The number of fused-ring (bicyclic) bond motifs is 1. The Morgan fingerprint density at radius 3 is 2.25 bits per heavy atom. The SMILES string of the molecule is O=C(CC(c1ccccc1)c1ccccc1)Nc1ccc2c(c1)NC(=O)CO2. The van der Waals surface area contributed by atoms with Gasteiger partial charge in [0.25, 0.3) is 5.91 Å². The van der Waals surface area contributed by atoms with Crippen LogP contribution in [0.3, 0.4) is 0 Å². The van der Waals surface area contributed by atoms with Crippen molar-refractivity contribution in [3.63, 3.8) is 0 Å². The third-order valence-corrected chi connectivity index (χ3v) is 4.69. The van der Waals surface area contributed by atoms with Crippen LogP contribution in [0.5, 0.6) is 5.75 Å². The lowest BCUT2D eigenvalue weighted by Gasteiger charge is -2.20. The summed E-state index contributed by atoms with van der Waals surface area (Å²) in [6, 6.07) is 25.2. The fourth-order valence-electron chi connectivity index (χ4n) is 3.36. The van der Waals surface area contributed by atoms with Crippen molar-refractivity contribution in [2.45, 2.75) is 12.3 Å². The topological polar surface area (TPSA) is 67.4 Å². The summed E-state index contributed by atoms with van der Waals surface area (Å²) >= 11 is 0. The zero-order valence-corrected chi connectivity index (χ0v) is 15.2. The van der Waals surface area contributed by atoms with Crippen LogP contribution in [-0.4, -0.2) is 18.4 Å². The minimum absolute atomic E-state index is 0.00847. The number of hydrogen-bond donors (Lipinski definition) is 2. The second kappa shape index (κ2) is 7.96. The summed E-state index contributed by atoms with van der Waals surface area (Å²) < 4.78 is 5.35. The Morgan fingerprint density at radius 2 is 1.61 bits per heavy atom. The molecule has 28 heavy (non-hydrogen) atoms. The number of carbonyl (C=O) groups excluding carboxylic acids is 2. The molecule has 5 nitrogen and oxygen atoms in total. The summed E-state index contributed by atoms with van der Waals surface area (Å²) in [4.78, 5) is 24.3.